The number of urea groups is 1. The van der Waals surface area contributed by atoms with Crippen molar-refractivity contribution in [2.45, 2.75) is 57.2 Å². The van der Waals surface area contributed by atoms with Crippen molar-refractivity contribution in [2.24, 2.45) is 5.92 Å². The molecule has 2 fully saturated rings. The molecule has 1 aliphatic carbocycles. The lowest BCUT2D eigenvalue weighted by Crippen LogP contribution is -2.57. The van der Waals surface area contributed by atoms with E-state index in [9.17, 15) is 24.3 Å². The highest BCUT2D eigenvalue weighted by Crippen LogP contribution is 2.29. The third-order valence-electron chi connectivity index (χ3n) is 7.76. The maximum Gasteiger partial charge on any atom is 0.323 e. The highest BCUT2D eigenvalue weighted by Gasteiger charge is 2.44. The van der Waals surface area contributed by atoms with Crippen molar-refractivity contribution in [3.05, 3.63) is 54.1 Å². The second kappa shape index (κ2) is 13.9. The zero-order valence-corrected chi connectivity index (χ0v) is 23.5. The first-order valence-electron chi connectivity index (χ1n) is 13.9. The van der Waals surface area contributed by atoms with Gasteiger partial charge in [0.15, 0.2) is 6.17 Å². The minimum absolute atomic E-state index is 0.0100. The molecule has 0 radical (unpaired) electrons. The number of anilines is 1. The minimum atomic E-state index is -1.23. The van der Waals surface area contributed by atoms with Crippen LogP contribution in [0, 0.1) is 5.92 Å². The molecular weight excluding hydrogens is 528 g/mol. The summed E-state index contributed by atoms with van der Waals surface area (Å²) in [7, 11) is 3.09. The molecule has 2 aliphatic rings. The Bertz CT molecular complexity index is 1230. The van der Waals surface area contributed by atoms with Gasteiger partial charge in [-0.15, -0.1) is 0 Å². The molecule has 2 aromatic carbocycles. The van der Waals surface area contributed by atoms with E-state index in [-0.39, 0.29) is 37.8 Å². The summed E-state index contributed by atoms with van der Waals surface area (Å²) in [5, 5.41) is 15.3. The number of rotatable bonds is 10. The SMILES string of the molecule is COc1ccc(NC(=O)N2CCN(C(=O)Cc3cccc(OC)c3)C2C(=O)NC(CC(=O)O)C2CCCCC2)cc1. The van der Waals surface area contributed by atoms with Gasteiger partial charge in [0.2, 0.25) is 5.91 Å². The molecule has 4 rings (SSSR count). The lowest BCUT2D eigenvalue weighted by Gasteiger charge is -2.34. The number of nitrogens with one attached hydrogen (secondary N) is 2. The lowest BCUT2D eigenvalue weighted by atomic mass is 9.82. The number of amides is 4. The fraction of sp³-hybridized carbons (Fsp3) is 0.467. The molecule has 2 unspecified atom stereocenters. The van der Waals surface area contributed by atoms with Gasteiger partial charge in [-0.05, 0) is 60.7 Å². The minimum Gasteiger partial charge on any atom is -0.497 e. The fourth-order valence-electron chi connectivity index (χ4n) is 5.63. The fourth-order valence-corrected chi connectivity index (χ4v) is 5.63. The molecule has 0 bridgehead atoms. The Morgan fingerprint density at radius 1 is 0.927 bits per heavy atom. The van der Waals surface area contributed by atoms with E-state index in [2.05, 4.69) is 10.6 Å². The van der Waals surface area contributed by atoms with Crippen molar-refractivity contribution in [3.8, 4) is 11.5 Å². The van der Waals surface area contributed by atoms with Gasteiger partial charge in [-0.2, -0.15) is 0 Å². The summed E-state index contributed by atoms with van der Waals surface area (Å²) in [4.78, 5) is 55.2. The number of carbonyl (C=O) groups excluding carboxylic acids is 3. The zero-order chi connectivity index (χ0) is 29.4. The van der Waals surface area contributed by atoms with Gasteiger partial charge in [0.05, 0.1) is 27.1 Å². The Balaban J connectivity index is 1.56. The average Bonchev–Trinajstić information content (AvgIpc) is 3.43. The number of nitrogens with zero attached hydrogens (tertiary/aromatic N) is 2. The van der Waals surface area contributed by atoms with E-state index in [1.54, 1.807) is 62.8 Å². The maximum atomic E-state index is 13.8. The first kappa shape index (κ1) is 29.7. The summed E-state index contributed by atoms with van der Waals surface area (Å²) in [6, 6.07) is 12.7. The largest absolute Gasteiger partial charge is 0.497 e. The number of aliphatic carboxylic acids is 1. The van der Waals surface area contributed by atoms with Crippen LogP contribution >= 0.6 is 0 Å². The number of carboxylic acids is 1. The smallest absolute Gasteiger partial charge is 0.323 e. The van der Waals surface area contributed by atoms with Crippen LogP contribution in [0.25, 0.3) is 0 Å². The number of carboxylic acid groups (broad SMARTS) is 1. The molecule has 220 valence electrons. The molecule has 2 atom stereocenters. The monoisotopic (exact) mass is 566 g/mol. The zero-order valence-electron chi connectivity index (χ0n) is 23.5. The number of ether oxygens (including phenoxy) is 2. The molecule has 1 aliphatic heterocycles. The van der Waals surface area contributed by atoms with E-state index in [1.165, 1.54) is 9.80 Å². The number of benzene rings is 2. The van der Waals surface area contributed by atoms with Crippen LogP contribution in [0.3, 0.4) is 0 Å². The summed E-state index contributed by atoms with van der Waals surface area (Å²) in [5.74, 6) is -0.646. The van der Waals surface area contributed by atoms with Crippen LogP contribution in [0.4, 0.5) is 10.5 Å². The van der Waals surface area contributed by atoms with Crippen LogP contribution in [-0.2, 0) is 20.8 Å². The normalized spacial score (nSPS) is 18.0. The number of methoxy groups -OCH3 is 2. The van der Waals surface area contributed by atoms with Crippen LogP contribution < -0.4 is 20.1 Å². The molecule has 0 spiro atoms. The van der Waals surface area contributed by atoms with Crippen LogP contribution in [0.2, 0.25) is 0 Å². The summed E-state index contributed by atoms with van der Waals surface area (Å²) in [6.07, 6.45) is 3.23. The predicted molar refractivity (Wildman–Crippen MR) is 152 cm³/mol. The predicted octanol–water partition coefficient (Wildman–Crippen LogP) is 3.49. The molecule has 1 saturated carbocycles. The Labute approximate surface area is 239 Å². The molecular formula is C30H38N4O7. The maximum absolute atomic E-state index is 13.8. The molecule has 1 saturated heterocycles. The van der Waals surface area contributed by atoms with Gasteiger partial charge in [-0.1, -0.05) is 31.4 Å². The van der Waals surface area contributed by atoms with Crippen molar-refractivity contribution in [1.82, 2.24) is 15.1 Å². The highest BCUT2D eigenvalue weighted by molar-refractivity contribution is 5.96. The van der Waals surface area contributed by atoms with Crippen molar-refractivity contribution in [3.63, 3.8) is 0 Å². The third-order valence-corrected chi connectivity index (χ3v) is 7.76. The molecule has 2 aromatic rings. The topological polar surface area (TPSA) is 138 Å². The van der Waals surface area contributed by atoms with Crippen molar-refractivity contribution in [1.29, 1.82) is 0 Å². The van der Waals surface area contributed by atoms with Gasteiger partial charge in [0.1, 0.15) is 11.5 Å². The van der Waals surface area contributed by atoms with Crippen molar-refractivity contribution in [2.75, 3.05) is 32.6 Å². The molecule has 3 N–H and O–H groups in total. The van der Waals surface area contributed by atoms with E-state index >= 15 is 0 Å². The number of hydrogen-bond donors (Lipinski definition) is 3. The van der Waals surface area contributed by atoms with E-state index < -0.39 is 30.1 Å². The Hall–Kier alpha value is -4.28. The highest BCUT2D eigenvalue weighted by atomic mass is 16.5. The van der Waals surface area contributed by atoms with E-state index in [0.29, 0.717) is 22.7 Å². The first-order chi connectivity index (χ1) is 19.8. The molecule has 41 heavy (non-hydrogen) atoms. The van der Waals surface area contributed by atoms with E-state index in [0.717, 1.165) is 32.1 Å². The quantitative estimate of drug-likeness (QED) is 0.400. The van der Waals surface area contributed by atoms with E-state index in [1.807, 2.05) is 0 Å². The Morgan fingerprint density at radius 2 is 1.61 bits per heavy atom. The van der Waals surface area contributed by atoms with Gasteiger partial charge >= 0.3 is 12.0 Å². The summed E-state index contributed by atoms with van der Waals surface area (Å²) < 4.78 is 10.4. The molecule has 11 heteroatoms. The lowest BCUT2D eigenvalue weighted by molar-refractivity contribution is -0.142. The van der Waals surface area contributed by atoms with Gasteiger partial charge in [-0.3, -0.25) is 19.3 Å². The van der Waals surface area contributed by atoms with Crippen LogP contribution in [0.15, 0.2) is 48.5 Å². The number of hydrogen-bond acceptors (Lipinski definition) is 6. The number of carbonyl (C=O) groups is 4. The molecule has 1 heterocycles. The molecule has 11 nitrogen and oxygen atoms in total. The third kappa shape index (κ3) is 7.68. The van der Waals surface area contributed by atoms with Gasteiger partial charge in [0, 0.05) is 24.8 Å². The van der Waals surface area contributed by atoms with Crippen LogP contribution in [-0.4, -0.2) is 78.2 Å². The van der Waals surface area contributed by atoms with Gasteiger partial charge < -0.3 is 30.1 Å². The van der Waals surface area contributed by atoms with E-state index in [4.69, 9.17) is 9.47 Å². The summed E-state index contributed by atoms with van der Waals surface area (Å²) in [5.41, 5.74) is 1.21. The van der Waals surface area contributed by atoms with Gasteiger partial charge in [0.25, 0.3) is 5.91 Å². The van der Waals surface area contributed by atoms with Crippen LogP contribution in [0.1, 0.15) is 44.1 Å². The molecule has 4 amide bonds. The van der Waals surface area contributed by atoms with Gasteiger partial charge in [-0.25, -0.2) is 4.79 Å². The second-order valence-electron chi connectivity index (χ2n) is 10.5. The standard InChI is InChI=1S/C30H38N4O7/c1-40-23-13-11-22(12-14-23)31-30(39)34-16-15-33(26(35)18-20-7-6-10-24(17-20)41-2)29(34)28(38)32-25(19-27(36)37)21-8-4-3-5-9-21/h6-7,10-14,17,21,25,29H,3-5,8-9,15-16,18-19H2,1-2H3,(H,31,39)(H,32,38)(H,36,37). The van der Waals surface area contributed by atoms with Crippen LogP contribution in [0.5, 0.6) is 11.5 Å². The summed E-state index contributed by atoms with van der Waals surface area (Å²) in [6.45, 7) is 0.293. The Morgan fingerprint density at radius 3 is 2.27 bits per heavy atom. The molecule has 0 aromatic heterocycles. The summed E-state index contributed by atoms with van der Waals surface area (Å²) >= 11 is 0. The average molecular weight is 567 g/mol. The van der Waals surface area contributed by atoms with Crippen molar-refractivity contribution >= 4 is 29.5 Å². The Kier molecular flexibility index (Phi) is 10.0. The van der Waals surface area contributed by atoms with Crippen molar-refractivity contribution < 1.29 is 33.8 Å². The first-order valence-corrected chi connectivity index (χ1v) is 13.9. The second-order valence-corrected chi connectivity index (χ2v) is 10.5.